The molecule has 0 saturated carbocycles. The van der Waals surface area contributed by atoms with Gasteiger partial charge in [0, 0.05) is 32.5 Å². The molecular formula is C53H76N16O12. The molecule has 0 unspecified atom stereocenters. The third-order valence-electron chi connectivity index (χ3n) is 13.0. The molecule has 3 aromatic carbocycles. The van der Waals surface area contributed by atoms with Crippen LogP contribution >= 0.6 is 0 Å². The van der Waals surface area contributed by atoms with Crippen LogP contribution in [0.1, 0.15) is 70.4 Å². The molecule has 20 N–H and O–H groups in total. The van der Waals surface area contributed by atoms with Crippen LogP contribution in [0, 0.1) is 16.7 Å². The monoisotopic (exact) mass is 1130 g/mol. The van der Waals surface area contributed by atoms with E-state index in [1.165, 1.54) is 36.1 Å². The molecule has 28 heteroatoms. The standard InChI is InChI=1S/C53H76N16O12/c1-29(2)44(50(79)62-27-42(72)64-36(11-6-20-59-52(55)56)45(74)66-39(47(76)63-30(3)51(80)81)25-32-14-17-33-9-4-5-10-34(33)23-32)68-46(75)37(12-7-21-60-53(57)58)65-48(77)38(24-31-15-18-35(70)19-16-31)67-49(78)40-13-8-22-69(40)43(73)28-61-41(71)26-54/h4-5,9-10,14-19,23,29-30,36-40,44,70H,6-8,11-13,20-22,24-28,54H2,1-3H3,(H,61,71)(H,62,79)(H,63,76)(H,64,72)(H,65,77)(H,66,74)(H,67,78)(H,68,75)(H,80,81)(H4,55,56,59)(H4,57,58,60)/t30-,36-,37-,38+,39+,40-,44+/m0/s1. The summed E-state index contributed by atoms with van der Waals surface area (Å²) in [5.74, 6) is -9.54. The molecule has 9 amide bonds. The number of amides is 9. The van der Waals surface area contributed by atoms with Crippen LogP contribution in [-0.4, -0.2) is 168 Å². The van der Waals surface area contributed by atoms with Crippen LogP contribution in [0.25, 0.3) is 10.8 Å². The second-order valence-electron chi connectivity index (χ2n) is 19.8. The lowest BCUT2D eigenvalue weighted by Gasteiger charge is -2.28. The second-order valence-corrected chi connectivity index (χ2v) is 19.8. The summed E-state index contributed by atoms with van der Waals surface area (Å²) >= 11 is 0. The minimum atomic E-state index is -1.38. The molecule has 440 valence electrons. The average Bonchev–Trinajstić information content (AvgIpc) is 3.94. The lowest BCUT2D eigenvalue weighted by atomic mass is 10.00. The van der Waals surface area contributed by atoms with Crippen molar-refractivity contribution in [2.45, 2.75) is 114 Å². The Morgan fingerprint density at radius 3 is 1.77 bits per heavy atom. The van der Waals surface area contributed by atoms with E-state index in [1.807, 2.05) is 36.4 Å². The van der Waals surface area contributed by atoms with Crippen molar-refractivity contribution in [3.63, 3.8) is 0 Å². The van der Waals surface area contributed by atoms with E-state index in [0.29, 0.717) is 17.5 Å². The summed E-state index contributed by atoms with van der Waals surface area (Å²) in [6.45, 7) is 3.41. The fourth-order valence-electron chi connectivity index (χ4n) is 8.67. The zero-order valence-corrected chi connectivity index (χ0v) is 45.5. The largest absolute Gasteiger partial charge is 0.508 e. The number of phenolic OH excluding ortho intramolecular Hbond substituents is 1. The van der Waals surface area contributed by atoms with Crippen molar-refractivity contribution in [2.75, 3.05) is 39.3 Å². The maximum Gasteiger partial charge on any atom is 0.325 e. The van der Waals surface area contributed by atoms with Crippen LogP contribution in [0.4, 0.5) is 0 Å². The van der Waals surface area contributed by atoms with Crippen LogP contribution in [0.5, 0.6) is 5.75 Å². The Labute approximate surface area is 468 Å². The smallest absolute Gasteiger partial charge is 0.325 e. The number of carboxylic acid groups (broad SMARTS) is 1. The van der Waals surface area contributed by atoms with E-state index in [-0.39, 0.29) is 88.8 Å². The lowest BCUT2D eigenvalue weighted by Crippen LogP contribution is -2.60. The second kappa shape index (κ2) is 32.1. The molecule has 81 heavy (non-hydrogen) atoms. The molecule has 1 saturated heterocycles. The van der Waals surface area contributed by atoms with E-state index in [0.717, 1.165) is 10.8 Å². The quantitative estimate of drug-likeness (QED) is 0.0171. The number of likely N-dealkylation sites (tertiary alicyclic amines) is 1. The number of fused-ring (bicyclic) bond motifs is 1. The summed E-state index contributed by atoms with van der Waals surface area (Å²) in [7, 11) is 0. The Morgan fingerprint density at radius 1 is 0.617 bits per heavy atom. The van der Waals surface area contributed by atoms with Crippen molar-refractivity contribution < 1.29 is 58.2 Å². The molecular weight excluding hydrogens is 1050 g/mol. The van der Waals surface area contributed by atoms with Crippen molar-refractivity contribution in [2.24, 2.45) is 23.1 Å². The van der Waals surface area contributed by atoms with Crippen molar-refractivity contribution in [1.82, 2.24) is 58.1 Å². The first-order valence-corrected chi connectivity index (χ1v) is 26.5. The van der Waals surface area contributed by atoms with E-state index in [9.17, 15) is 58.2 Å². The Hall–Kier alpha value is -9.08. The molecule has 4 rings (SSSR count). The summed E-state index contributed by atoms with van der Waals surface area (Å²) in [5, 5.41) is 62.0. The number of phenols is 1. The molecule has 3 aromatic rings. The van der Waals surface area contributed by atoms with Crippen LogP contribution < -0.4 is 70.4 Å². The Balaban J connectivity index is 1.51. The Morgan fingerprint density at radius 2 is 1.16 bits per heavy atom. The Bertz CT molecular complexity index is 2740. The summed E-state index contributed by atoms with van der Waals surface area (Å²) in [5.41, 5.74) is 17.4. The molecule has 0 aromatic heterocycles. The molecule has 1 fully saturated rings. The van der Waals surface area contributed by atoms with Gasteiger partial charge in [-0.15, -0.1) is 0 Å². The Kier molecular flexibility index (Phi) is 25.5. The number of benzene rings is 3. The molecule has 0 aliphatic carbocycles. The molecule has 1 aliphatic rings. The highest BCUT2D eigenvalue weighted by Gasteiger charge is 2.37. The number of hydrogen-bond acceptors (Lipinski definition) is 14. The average molecular weight is 1130 g/mol. The molecule has 0 spiro atoms. The van der Waals surface area contributed by atoms with Gasteiger partial charge in [-0.3, -0.25) is 58.8 Å². The van der Waals surface area contributed by atoms with Gasteiger partial charge >= 0.3 is 5.97 Å². The summed E-state index contributed by atoms with van der Waals surface area (Å²) in [6.07, 6.45) is 0.661. The third-order valence-corrected chi connectivity index (χ3v) is 13.0. The van der Waals surface area contributed by atoms with Crippen LogP contribution in [0.3, 0.4) is 0 Å². The van der Waals surface area contributed by atoms with Crippen LogP contribution in [0.2, 0.25) is 0 Å². The number of guanidine groups is 2. The van der Waals surface area contributed by atoms with Gasteiger partial charge < -0.3 is 85.5 Å². The zero-order valence-electron chi connectivity index (χ0n) is 45.5. The number of nitrogens with one attached hydrogen (secondary N) is 12. The number of carbonyl (C=O) groups excluding carboxylic acids is 9. The van der Waals surface area contributed by atoms with Crippen LogP contribution in [-0.2, 0) is 60.8 Å². The molecule has 28 nitrogen and oxygen atoms in total. The highest BCUT2D eigenvalue weighted by atomic mass is 16.4. The SMILES string of the molecule is CC(C)[C@@H](NC(=O)[C@H](CCCNC(=N)N)NC(=O)[C@@H](Cc1ccc(O)cc1)NC(=O)[C@@H]1CCCN1C(=O)CNC(=O)CN)C(=O)NCC(=O)N[C@@H](CCCNC(=N)N)C(=O)N[C@H](Cc1ccc2ccccc2c1)C(=O)N[C@@H](C)C(=O)O. The molecule has 1 aliphatic heterocycles. The number of rotatable bonds is 31. The fourth-order valence-corrected chi connectivity index (χ4v) is 8.67. The van der Waals surface area contributed by atoms with Crippen molar-refractivity contribution in [3.05, 3.63) is 77.9 Å². The molecule has 0 radical (unpaired) electrons. The first-order chi connectivity index (χ1) is 38.4. The van der Waals surface area contributed by atoms with Gasteiger partial charge in [0.2, 0.25) is 53.2 Å². The van der Waals surface area contributed by atoms with Gasteiger partial charge in [-0.1, -0.05) is 68.4 Å². The topological polar surface area (TPSA) is 460 Å². The highest BCUT2D eigenvalue weighted by molar-refractivity contribution is 5.98. The summed E-state index contributed by atoms with van der Waals surface area (Å²) in [6, 6.07) is 9.61. The summed E-state index contributed by atoms with van der Waals surface area (Å²) < 4.78 is 0. The number of aromatic hydroxyl groups is 1. The number of carboxylic acids is 1. The van der Waals surface area contributed by atoms with Gasteiger partial charge in [0.1, 0.15) is 48.0 Å². The molecule has 0 bridgehead atoms. The predicted octanol–water partition coefficient (Wildman–Crippen LogP) is -3.29. The van der Waals surface area contributed by atoms with Crippen molar-refractivity contribution in [3.8, 4) is 5.75 Å². The number of carbonyl (C=O) groups is 10. The number of aliphatic carboxylic acids is 1. The minimum absolute atomic E-state index is 0.0595. The van der Waals surface area contributed by atoms with E-state index in [2.05, 4.69) is 53.2 Å². The first-order valence-electron chi connectivity index (χ1n) is 26.5. The van der Waals surface area contributed by atoms with Gasteiger partial charge in [0.25, 0.3) is 0 Å². The van der Waals surface area contributed by atoms with Gasteiger partial charge in [-0.05, 0) is 85.4 Å². The van der Waals surface area contributed by atoms with E-state index < -0.39 is 120 Å². The maximum atomic E-state index is 14.3. The predicted molar refractivity (Wildman–Crippen MR) is 297 cm³/mol. The fraction of sp³-hybridized carbons (Fsp3) is 0.472. The van der Waals surface area contributed by atoms with E-state index in [1.54, 1.807) is 19.9 Å². The van der Waals surface area contributed by atoms with Gasteiger partial charge in [0.05, 0.1) is 19.6 Å². The van der Waals surface area contributed by atoms with Crippen molar-refractivity contribution >= 4 is 81.8 Å². The first kappa shape index (κ1) is 64.4. The van der Waals surface area contributed by atoms with Gasteiger partial charge in [-0.2, -0.15) is 0 Å². The van der Waals surface area contributed by atoms with E-state index in [4.69, 9.17) is 28.0 Å². The van der Waals surface area contributed by atoms with E-state index >= 15 is 0 Å². The molecule has 7 atom stereocenters. The van der Waals surface area contributed by atoms with Gasteiger partial charge in [0.15, 0.2) is 11.9 Å². The number of hydrogen-bond donors (Lipinski definition) is 17. The van der Waals surface area contributed by atoms with Crippen molar-refractivity contribution in [1.29, 1.82) is 10.8 Å². The number of nitrogens with two attached hydrogens (primary N) is 3. The number of nitrogens with zero attached hydrogens (tertiary/aromatic N) is 1. The minimum Gasteiger partial charge on any atom is -0.508 e. The van der Waals surface area contributed by atoms with Crippen LogP contribution in [0.15, 0.2) is 66.7 Å². The molecule has 1 heterocycles. The van der Waals surface area contributed by atoms with Gasteiger partial charge in [-0.25, -0.2) is 0 Å². The normalized spacial score (nSPS) is 15.0. The summed E-state index contributed by atoms with van der Waals surface area (Å²) in [4.78, 5) is 135. The maximum absolute atomic E-state index is 14.3. The zero-order chi connectivity index (χ0) is 59.8. The lowest BCUT2D eigenvalue weighted by molar-refractivity contribution is -0.141. The highest BCUT2D eigenvalue weighted by Crippen LogP contribution is 2.20. The third kappa shape index (κ3) is 21.6.